The van der Waals surface area contributed by atoms with E-state index in [2.05, 4.69) is 28.9 Å². The van der Waals surface area contributed by atoms with E-state index < -0.39 is 11.4 Å². The summed E-state index contributed by atoms with van der Waals surface area (Å²) in [6.07, 6.45) is 1.73. The summed E-state index contributed by atoms with van der Waals surface area (Å²) in [5.74, 6) is 0.796. The SMILES string of the molecule is CC(C)n1cnnc1CN1C[C@H]2c3ccccc3OC[C@@]2(C(=O)O)C1. The molecule has 1 aromatic heterocycles. The molecular weight excluding hydrogens is 320 g/mol. The summed E-state index contributed by atoms with van der Waals surface area (Å²) in [7, 11) is 0. The number of ether oxygens (including phenoxy) is 1. The lowest BCUT2D eigenvalue weighted by Crippen LogP contribution is -2.45. The third kappa shape index (κ3) is 2.50. The smallest absolute Gasteiger partial charge is 0.315 e. The minimum absolute atomic E-state index is 0.0784. The molecule has 132 valence electrons. The number of carbonyl (C=O) groups is 1. The van der Waals surface area contributed by atoms with Gasteiger partial charge in [-0.3, -0.25) is 9.69 Å². The van der Waals surface area contributed by atoms with Gasteiger partial charge in [0.1, 0.15) is 29.9 Å². The van der Waals surface area contributed by atoms with Gasteiger partial charge >= 0.3 is 5.97 Å². The Morgan fingerprint density at radius 2 is 2.24 bits per heavy atom. The number of hydrogen-bond donors (Lipinski definition) is 1. The van der Waals surface area contributed by atoms with Crippen LogP contribution in [0, 0.1) is 5.41 Å². The van der Waals surface area contributed by atoms with Crippen LogP contribution in [0.25, 0.3) is 0 Å². The van der Waals surface area contributed by atoms with Crippen molar-refractivity contribution in [3.8, 4) is 5.75 Å². The van der Waals surface area contributed by atoms with Gasteiger partial charge in [0.05, 0.1) is 6.54 Å². The standard InChI is InChI=1S/C18H22N4O3/c1-12(2)22-11-19-20-16(22)8-21-7-14-13-5-3-4-6-15(13)25-10-18(14,9-21)17(23)24/h3-6,11-12,14H,7-10H2,1-2H3,(H,23,24)/t14-,18-/m0/s1. The van der Waals surface area contributed by atoms with Gasteiger partial charge in [-0.15, -0.1) is 10.2 Å². The van der Waals surface area contributed by atoms with Crippen LogP contribution in [0.3, 0.4) is 0 Å². The predicted molar refractivity (Wildman–Crippen MR) is 90.4 cm³/mol. The number of aliphatic carboxylic acids is 1. The summed E-state index contributed by atoms with van der Waals surface area (Å²) < 4.78 is 7.83. The molecule has 2 aliphatic rings. The average Bonchev–Trinajstić information content (AvgIpc) is 3.20. The van der Waals surface area contributed by atoms with Gasteiger partial charge in [-0.05, 0) is 25.5 Å². The molecular formula is C18H22N4O3. The largest absolute Gasteiger partial charge is 0.492 e. The minimum Gasteiger partial charge on any atom is -0.492 e. The fourth-order valence-corrected chi connectivity index (χ4v) is 4.07. The average molecular weight is 342 g/mol. The highest BCUT2D eigenvalue weighted by Crippen LogP contribution is 2.49. The number of para-hydroxylation sites is 1. The van der Waals surface area contributed by atoms with Crippen molar-refractivity contribution < 1.29 is 14.6 Å². The van der Waals surface area contributed by atoms with Crippen LogP contribution in [0.2, 0.25) is 0 Å². The number of hydrogen-bond acceptors (Lipinski definition) is 5. The molecule has 2 aliphatic heterocycles. The molecule has 0 saturated carbocycles. The van der Waals surface area contributed by atoms with Crippen molar-refractivity contribution in [1.82, 2.24) is 19.7 Å². The monoisotopic (exact) mass is 342 g/mol. The first kappa shape index (κ1) is 16.1. The minimum atomic E-state index is -0.906. The van der Waals surface area contributed by atoms with Gasteiger partial charge in [0.15, 0.2) is 0 Å². The number of benzene rings is 1. The van der Waals surface area contributed by atoms with Crippen LogP contribution in [0.4, 0.5) is 0 Å². The first-order valence-electron chi connectivity index (χ1n) is 8.57. The van der Waals surface area contributed by atoms with Crippen molar-refractivity contribution in [3.05, 3.63) is 42.0 Å². The van der Waals surface area contributed by atoms with Crippen LogP contribution in [-0.2, 0) is 11.3 Å². The first-order chi connectivity index (χ1) is 12.0. The van der Waals surface area contributed by atoms with Crippen LogP contribution >= 0.6 is 0 Å². The fraction of sp³-hybridized carbons (Fsp3) is 0.500. The maximum atomic E-state index is 12.2. The van der Waals surface area contributed by atoms with Crippen LogP contribution in [0.1, 0.15) is 37.2 Å². The molecule has 1 N–H and O–H groups in total. The maximum absolute atomic E-state index is 12.2. The van der Waals surface area contributed by atoms with E-state index in [4.69, 9.17) is 4.74 Å². The number of nitrogens with zero attached hydrogens (tertiary/aromatic N) is 4. The molecule has 2 aromatic rings. The Labute approximate surface area is 146 Å². The van der Waals surface area contributed by atoms with E-state index in [1.165, 1.54) is 0 Å². The van der Waals surface area contributed by atoms with Gasteiger partial charge in [0.2, 0.25) is 0 Å². The van der Waals surface area contributed by atoms with Crippen LogP contribution < -0.4 is 4.74 Å². The van der Waals surface area contributed by atoms with Gasteiger partial charge in [-0.2, -0.15) is 0 Å². The molecule has 0 radical (unpaired) electrons. The van der Waals surface area contributed by atoms with Gasteiger partial charge < -0.3 is 14.4 Å². The van der Waals surface area contributed by atoms with E-state index in [1.807, 2.05) is 28.8 Å². The van der Waals surface area contributed by atoms with E-state index in [9.17, 15) is 9.90 Å². The highest BCUT2D eigenvalue weighted by molar-refractivity contribution is 5.78. The van der Waals surface area contributed by atoms with E-state index in [0.717, 1.165) is 17.1 Å². The van der Waals surface area contributed by atoms with E-state index >= 15 is 0 Å². The van der Waals surface area contributed by atoms with Crippen LogP contribution in [-0.4, -0.2) is 50.4 Å². The van der Waals surface area contributed by atoms with Gasteiger partial charge in [-0.25, -0.2) is 0 Å². The molecule has 1 fully saturated rings. The summed E-state index contributed by atoms with van der Waals surface area (Å²) in [5, 5.41) is 18.2. The third-order valence-corrected chi connectivity index (χ3v) is 5.39. The van der Waals surface area contributed by atoms with Crippen LogP contribution in [0.5, 0.6) is 5.75 Å². The number of likely N-dealkylation sites (tertiary alicyclic amines) is 1. The van der Waals surface area contributed by atoms with Crippen molar-refractivity contribution >= 4 is 5.97 Å². The first-order valence-corrected chi connectivity index (χ1v) is 8.57. The number of fused-ring (bicyclic) bond motifs is 3. The second kappa shape index (κ2) is 5.84. The zero-order valence-corrected chi connectivity index (χ0v) is 14.4. The molecule has 4 rings (SSSR count). The number of rotatable bonds is 4. The Balaban J connectivity index is 1.65. The van der Waals surface area contributed by atoms with Gasteiger partial charge in [0.25, 0.3) is 0 Å². The normalized spacial score (nSPS) is 25.5. The number of carboxylic acids is 1. The number of aromatic nitrogens is 3. The summed E-state index contributed by atoms with van der Waals surface area (Å²) >= 11 is 0. The van der Waals surface area contributed by atoms with Gasteiger partial charge in [-0.1, -0.05) is 18.2 Å². The molecule has 0 unspecified atom stereocenters. The second-order valence-corrected chi connectivity index (χ2v) is 7.26. The third-order valence-electron chi connectivity index (χ3n) is 5.39. The zero-order chi connectivity index (χ0) is 17.6. The summed E-state index contributed by atoms with van der Waals surface area (Å²) in [6.45, 7) is 6.09. The van der Waals surface area contributed by atoms with E-state index in [-0.39, 0.29) is 18.6 Å². The Bertz CT molecular complexity index is 803. The molecule has 0 bridgehead atoms. The molecule has 25 heavy (non-hydrogen) atoms. The van der Waals surface area contributed by atoms with Crippen molar-refractivity contribution in [3.63, 3.8) is 0 Å². The summed E-state index contributed by atoms with van der Waals surface area (Å²) in [4.78, 5) is 14.3. The zero-order valence-electron chi connectivity index (χ0n) is 14.4. The molecule has 0 spiro atoms. The topological polar surface area (TPSA) is 80.5 Å². The second-order valence-electron chi connectivity index (χ2n) is 7.26. The van der Waals surface area contributed by atoms with E-state index in [0.29, 0.717) is 19.6 Å². The Morgan fingerprint density at radius 1 is 1.44 bits per heavy atom. The van der Waals surface area contributed by atoms with Crippen molar-refractivity contribution in [2.75, 3.05) is 19.7 Å². The lowest BCUT2D eigenvalue weighted by molar-refractivity contribution is -0.151. The van der Waals surface area contributed by atoms with Crippen molar-refractivity contribution in [2.45, 2.75) is 32.4 Å². The Kier molecular flexibility index (Phi) is 3.76. The van der Waals surface area contributed by atoms with Crippen molar-refractivity contribution in [1.29, 1.82) is 0 Å². The Hall–Kier alpha value is -2.41. The lowest BCUT2D eigenvalue weighted by atomic mass is 9.73. The molecule has 1 saturated heterocycles. The molecule has 0 aliphatic carbocycles. The summed E-state index contributed by atoms with van der Waals surface area (Å²) in [6, 6.07) is 8.03. The molecule has 7 heteroatoms. The molecule has 2 atom stereocenters. The van der Waals surface area contributed by atoms with Crippen molar-refractivity contribution in [2.24, 2.45) is 5.41 Å². The van der Waals surface area contributed by atoms with Crippen LogP contribution in [0.15, 0.2) is 30.6 Å². The summed E-state index contributed by atoms with van der Waals surface area (Å²) in [5.41, 5.74) is 0.0841. The maximum Gasteiger partial charge on any atom is 0.315 e. The molecule has 1 aromatic carbocycles. The predicted octanol–water partition coefficient (Wildman–Crippen LogP) is 1.92. The lowest BCUT2D eigenvalue weighted by Gasteiger charge is -2.35. The quantitative estimate of drug-likeness (QED) is 0.914. The van der Waals surface area contributed by atoms with Gasteiger partial charge in [0, 0.05) is 25.0 Å². The highest BCUT2D eigenvalue weighted by Gasteiger charge is 2.56. The number of carboxylic acid groups (broad SMARTS) is 1. The molecule has 3 heterocycles. The fourth-order valence-electron chi connectivity index (χ4n) is 4.07. The molecule has 7 nitrogen and oxygen atoms in total. The Morgan fingerprint density at radius 3 is 3.00 bits per heavy atom. The highest BCUT2D eigenvalue weighted by atomic mass is 16.5. The van der Waals surface area contributed by atoms with E-state index in [1.54, 1.807) is 6.33 Å². The molecule has 0 amide bonds.